The van der Waals surface area contributed by atoms with Gasteiger partial charge in [-0.25, -0.2) is 4.98 Å². The number of aryl methyl sites for hydroxylation is 2. The number of thiazole rings is 1. The van der Waals surface area contributed by atoms with Gasteiger partial charge in [0.25, 0.3) is 11.1 Å². The van der Waals surface area contributed by atoms with Gasteiger partial charge in [0.1, 0.15) is 11.9 Å². The van der Waals surface area contributed by atoms with Gasteiger partial charge in [0, 0.05) is 31.5 Å². The first kappa shape index (κ1) is 18.7. The number of benzene rings is 2. The molecule has 1 aliphatic rings. The van der Waals surface area contributed by atoms with Crippen LogP contribution in [-0.2, 0) is 0 Å². The number of ether oxygens (including phenoxy) is 2. The quantitative estimate of drug-likeness (QED) is 0.646. The molecule has 1 aliphatic heterocycles. The third kappa shape index (κ3) is 3.97. The Labute approximate surface area is 168 Å². The van der Waals surface area contributed by atoms with E-state index in [4.69, 9.17) is 9.47 Å². The van der Waals surface area contributed by atoms with Crippen molar-refractivity contribution in [3.8, 4) is 10.9 Å². The first-order valence-corrected chi connectivity index (χ1v) is 10.3. The fourth-order valence-corrected chi connectivity index (χ4v) is 4.57. The number of hydrogen-bond donors (Lipinski definition) is 0. The lowest BCUT2D eigenvalue weighted by atomic mass is 10.0. The maximum Gasteiger partial charge on any atom is 0.274 e. The molecule has 5 nitrogen and oxygen atoms in total. The number of likely N-dealkylation sites (tertiary alicyclic amines) is 1. The molecule has 0 aliphatic carbocycles. The molecule has 28 heavy (non-hydrogen) atoms. The van der Waals surface area contributed by atoms with Crippen molar-refractivity contribution in [2.24, 2.45) is 0 Å². The van der Waals surface area contributed by atoms with Crippen LogP contribution in [0.5, 0.6) is 10.9 Å². The van der Waals surface area contributed by atoms with Crippen molar-refractivity contribution in [1.82, 2.24) is 9.88 Å². The van der Waals surface area contributed by atoms with Crippen molar-refractivity contribution in [2.45, 2.75) is 32.8 Å². The molecular formula is C22H24N2O3S. The first-order valence-electron chi connectivity index (χ1n) is 9.50. The summed E-state index contributed by atoms with van der Waals surface area (Å²) in [5.74, 6) is 0.929. The molecule has 0 radical (unpaired) electrons. The van der Waals surface area contributed by atoms with Gasteiger partial charge in [-0.15, -0.1) is 0 Å². The first-order chi connectivity index (χ1) is 13.5. The molecule has 1 saturated heterocycles. The fourth-order valence-electron chi connectivity index (χ4n) is 3.66. The number of rotatable bonds is 4. The minimum absolute atomic E-state index is 0.0887. The fraction of sp³-hybridized carbons (Fsp3) is 0.364. The van der Waals surface area contributed by atoms with Crippen molar-refractivity contribution >= 4 is 27.5 Å². The van der Waals surface area contributed by atoms with Gasteiger partial charge in [0.2, 0.25) is 0 Å². The summed E-state index contributed by atoms with van der Waals surface area (Å²) in [5.41, 5.74) is 3.93. The summed E-state index contributed by atoms with van der Waals surface area (Å²) in [7, 11) is 1.66. The standard InChI is InChI=1S/C22H24N2O3S/c1-14-10-15(2)12-16(11-14)21(25)24-8-6-17(7-9-24)27-22-23-19-5-4-18(26-3)13-20(19)28-22/h4-5,10-13,17H,6-9H2,1-3H3. The minimum atomic E-state index is 0.0887. The van der Waals surface area contributed by atoms with Crippen LogP contribution in [-0.4, -0.2) is 42.1 Å². The molecule has 3 aromatic rings. The van der Waals surface area contributed by atoms with Gasteiger partial charge in [-0.05, 0) is 44.2 Å². The van der Waals surface area contributed by atoms with Gasteiger partial charge >= 0.3 is 0 Å². The molecule has 0 bridgehead atoms. The molecule has 0 atom stereocenters. The van der Waals surface area contributed by atoms with E-state index in [-0.39, 0.29) is 12.0 Å². The third-order valence-electron chi connectivity index (χ3n) is 5.04. The summed E-state index contributed by atoms with van der Waals surface area (Å²) in [6.07, 6.45) is 1.72. The largest absolute Gasteiger partial charge is 0.497 e. The van der Waals surface area contributed by atoms with Crippen molar-refractivity contribution in [1.29, 1.82) is 0 Å². The molecular weight excluding hydrogens is 372 g/mol. The zero-order valence-corrected chi connectivity index (χ0v) is 17.2. The number of hydrogen-bond acceptors (Lipinski definition) is 5. The monoisotopic (exact) mass is 396 g/mol. The van der Waals surface area contributed by atoms with E-state index in [0.717, 1.165) is 45.5 Å². The van der Waals surface area contributed by atoms with Gasteiger partial charge in [-0.1, -0.05) is 28.5 Å². The summed E-state index contributed by atoms with van der Waals surface area (Å²) in [6.45, 7) is 5.46. The maximum absolute atomic E-state index is 12.8. The van der Waals surface area contributed by atoms with Gasteiger partial charge in [-0.2, -0.15) is 0 Å². The van der Waals surface area contributed by atoms with E-state index in [1.807, 2.05) is 49.1 Å². The Bertz CT molecular complexity index is 986. The second-order valence-electron chi connectivity index (χ2n) is 7.30. The molecule has 1 amide bonds. The third-order valence-corrected chi connectivity index (χ3v) is 5.95. The van der Waals surface area contributed by atoms with E-state index in [1.165, 1.54) is 11.3 Å². The summed E-state index contributed by atoms with van der Waals surface area (Å²) in [4.78, 5) is 19.3. The normalized spacial score (nSPS) is 15.0. The van der Waals surface area contributed by atoms with Crippen LogP contribution in [0.1, 0.15) is 34.3 Å². The average Bonchev–Trinajstić information content (AvgIpc) is 3.08. The summed E-state index contributed by atoms with van der Waals surface area (Å²) < 4.78 is 12.4. The lowest BCUT2D eigenvalue weighted by Crippen LogP contribution is -2.41. The summed E-state index contributed by atoms with van der Waals surface area (Å²) in [6, 6.07) is 11.8. The molecule has 4 rings (SSSR count). The Balaban J connectivity index is 1.38. The minimum Gasteiger partial charge on any atom is -0.497 e. The second-order valence-corrected chi connectivity index (χ2v) is 8.29. The molecule has 0 saturated carbocycles. The zero-order valence-electron chi connectivity index (χ0n) is 16.4. The van der Waals surface area contributed by atoms with Crippen LogP contribution in [0.25, 0.3) is 10.2 Å². The molecule has 0 N–H and O–H groups in total. The Kier molecular flexibility index (Phi) is 5.22. The van der Waals surface area contributed by atoms with E-state index in [9.17, 15) is 4.79 Å². The van der Waals surface area contributed by atoms with Crippen LogP contribution >= 0.6 is 11.3 Å². The van der Waals surface area contributed by atoms with Gasteiger partial charge in [-0.3, -0.25) is 4.79 Å². The number of fused-ring (bicyclic) bond motifs is 1. The summed E-state index contributed by atoms with van der Waals surface area (Å²) in [5, 5.41) is 0.683. The molecule has 146 valence electrons. The molecule has 0 spiro atoms. The van der Waals surface area contributed by atoms with Crippen LogP contribution in [0, 0.1) is 13.8 Å². The highest BCUT2D eigenvalue weighted by atomic mass is 32.1. The van der Waals surface area contributed by atoms with E-state index in [1.54, 1.807) is 7.11 Å². The van der Waals surface area contributed by atoms with Gasteiger partial charge in [0.15, 0.2) is 0 Å². The number of carbonyl (C=O) groups is 1. The predicted octanol–water partition coefficient (Wildman–Crippen LogP) is 4.61. The molecule has 0 unspecified atom stereocenters. The van der Waals surface area contributed by atoms with Crippen LogP contribution in [0.3, 0.4) is 0 Å². The molecule has 2 aromatic carbocycles. The molecule has 1 aromatic heterocycles. The predicted molar refractivity (Wildman–Crippen MR) is 112 cm³/mol. The van der Waals surface area contributed by atoms with E-state index < -0.39 is 0 Å². The van der Waals surface area contributed by atoms with Crippen LogP contribution in [0.2, 0.25) is 0 Å². The average molecular weight is 397 g/mol. The maximum atomic E-state index is 12.8. The van der Waals surface area contributed by atoms with Crippen LogP contribution < -0.4 is 9.47 Å². The number of carbonyl (C=O) groups excluding carboxylic acids is 1. The van der Waals surface area contributed by atoms with Crippen LogP contribution in [0.15, 0.2) is 36.4 Å². The lowest BCUT2D eigenvalue weighted by Gasteiger charge is -2.31. The summed E-state index contributed by atoms with van der Waals surface area (Å²) >= 11 is 1.53. The number of aromatic nitrogens is 1. The number of nitrogens with zero attached hydrogens (tertiary/aromatic N) is 2. The smallest absolute Gasteiger partial charge is 0.274 e. The van der Waals surface area contributed by atoms with Gasteiger partial charge in [0.05, 0.1) is 17.3 Å². The highest BCUT2D eigenvalue weighted by Crippen LogP contribution is 2.32. The Morgan fingerprint density at radius 1 is 1.11 bits per heavy atom. The van der Waals surface area contributed by atoms with E-state index in [0.29, 0.717) is 18.3 Å². The second kappa shape index (κ2) is 7.80. The Morgan fingerprint density at radius 2 is 1.82 bits per heavy atom. The molecule has 6 heteroatoms. The number of amides is 1. The topological polar surface area (TPSA) is 51.7 Å². The highest BCUT2D eigenvalue weighted by Gasteiger charge is 2.25. The molecule has 2 heterocycles. The lowest BCUT2D eigenvalue weighted by molar-refractivity contribution is 0.0595. The Hall–Kier alpha value is -2.60. The highest BCUT2D eigenvalue weighted by molar-refractivity contribution is 7.20. The SMILES string of the molecule is COc1ccc2nc(OC3CCN(C(=O)c4cc(C)cc(C)c4)CC3)sc2c1. The molecule has 1 fully saturated rings. The van der Waals surface area contributed by atoms with Crippen molar-refractivity contribution < 1.29 is 14.3 Å². The number of methoxy groups -OCH3 is 1. The van der Waals surface area contributed by atoms with E-state index in [2.05, 4.69) is 11.1 Å². The van der Waals surface area contributed by atoms with Crippen LogP contribution in [0.4, 0.5) is 0 Å². The Morgan fingerprint density at radius 3 is 2.50 bits per heavy atom. The van der Waals surface area contributed by atoms with Crippen molar-refractivity contribution in [3.05, 3.63) is 53.1 Å². The van der Waals surface area contributed by atoms with E-state index >= 15 is 0 Å². The number of piperidine rings is 1. The van der Waals surface area contributed by atoms with Crippen molar-refractivity contribution in [2.75, 3.05) is 20.2 Å². The zero-order chi connectivity index (χ0) is 19.7. The van der Waals surface area contributed by atoms with Gasteiger partial charge < -0.3 is 14.4 Å². The van der Waals surface area contributed by atoms with Crippen molar-refractivity contribution in [3.63, 3.8) is 0 Å².